The second-order valence-corrected chi connectivity index (χ2v) is 7.57. The molecular formula is C13H30O6SSi. The lowest BCUT2D eigenvalue weighted by Crippen LogP contribution is -2.48. The van der Waals surface area contributed by atoms with Crippen LogP contribution in [0.3, 0.4) is 0 Å². The van der Waals surface area contributed by atoms with Gasteiger partial charge in [0.25, 0.3) is 0 Å². The van der Waals surface area contributed by atoms with Crippen molar-refractivity contribution in [3.8, 4) is 0 Å². The van der Waals surface area contributed by atoms with Crippen molar-refractivity contribution in [1.29, 1.82) is 0 Å². The first kappa shape index (κ1) is 21.3. The van der Waals surface area contributed by atoms with Gasteiger partial charge in [-0.1, -0.05) is 0 Å². The van der Waals surface area contributed by atoms with Crippen LogP contribution >= 0.6 is 12.6 Å². The lowest BCUT2D eigenvalue weighted by atomic mass is 10.4. The van der Waals surface area contributed by atoms with Crippen LogP contribution in [0.2, 0.25) is 6.04 Å². The van der Waals surface area contributed by atoms with Gasteiger partial charge in [0.2, 0.25) is 0 Å². The lowest BCUT2D eigenvalue weighted by Gasteiger charge is -2.29. The summed E-state index contributed by atoms with van der Waals surface area (Å²) in [4.78, 5) is 0. The van der Waals surface area contributed by atoms with E-state index in [1.165, 1.54) is 0 Å². The molecule has 0 atom stereocenters. The highest BCUT2D eigenvalue weighted by Gasteiger charge is 2.40. The average Bonchev–Trinajstić information content (AvgIpc) is 2.48. The molecule has 0 aliphatic carbocycles. The predicted octanol–water partition coefficient (Wildman–Crippen LogP) is 1.62. The third-order valence-electron chi connectivity index (χ3n) is 2.72. The molecule has 0 spiro atoms. The molecule has 0 amide bonds. The number of ether oxygens (including phenoxy) is 3. The van der Waals surface area contributed by atoms with Crippen LogP contribution in [0.4, 0.5) is 0 Å². The number of methoxy groups -OCH3 is 3. The molecule has 21 heavy (non-hydrogen) atoms. The molecule has 0 rings (SSSR count). The third-order valence-corrected chi connectivity index (χ3v) is 5.93. The van der Waals surface area contributed by atoms with E-state index in [4.69, 9.17) is 27.5 Å². The van der Waals surface area contributed by atoms with Crippen LogP contribution < -0.4 is 0 Å². The molecule has 0 unspecified atom stereocenters. The monoisotopic (exact) mass is 342 g/mol. The number of hydrogen-bond acceptors (Lipinski definition) is 7. The van der Waals surface area contributed by atoms with Crippen molar-refractivity contribution < 1.29 is 27.5 Å². The molecule has 128 valence electrons. The summed E-state index contributed by atoms with van der Waals surface area (Å²) in [5.74, 6) is 0.846. The Hall–Kier alpha value is 0.327. The van der Waals surface area contributed by atoms with Crippen molar-refractivity contribution in [3.05, 3.63) is 0 Å². The predicted molar refractivity (Wildman–Crippen MR) is 87.1 cm³/mol. The Morgan fingerprint density at radius 3 is 1.43 bits per heavy atom. The largest absolute Gasteiger partial charge is 0.501 e. The molecule has 0 aromatic heterocycles. The molecule has 0 saturated heterocycles. The molecule has 0 radical (unpaired) electrons. The van der Waals surface area contributed by atoms with E-state index in [-0.39, 0.29) is 0 Å². The second-order valence-electron chi connectivity index (χ2n) is 4.39. The van der Waals surface area contributed by atoms with E-state index in [9.17, 15) is 0 Å². The highest BCUT2D eigenvalue weighted by atomic mass is 32.1. The quantitative estimate of drug-likeness (QED) is 0.261. The number of thiol groups is 1. The van der Waals surface area contributed by atoms with Crippen molar-refractivity contribution in [1.82, 2.24) is 0 Å². The Bertz CT molecular complexity index is 177. The van der Waals surface area contributed by atoms with Crippen molar-refractivity contribution in [2.75, 3.05) is 66.7 Å². The van der Waals surface area contributed by atoms with Gasteiger partial charge in [-0.15, -0.1) is 0 Å². The van der Waals surface area contributed by atoms with Gasteiger partial charge < -0.3 is 27.5 Å². The van der Waals surface area contributed by atoms with Gasteiger partial charge in [-0.25, -0.2) is 0 Å². The van der Waals surface area contributed by atoms with Gasteiger partial charge in [0.1, 0.15) is 0 Å². The Balaban J connectivity index is 4.52. The van der Waals surface area contributed by atoms with Gasteiger partial charge in [-0.2, -0.15) is 12.6 Å². The smallest absolute Gasteiger partial charge is 0.382 e. The topological polar surface area (TPSA) is 55.4 Å². The SMILES string of the molecule is COCCO[Si](CCCCS)(OCCOC)OCCOC. The summed E-state index contributed by atoms with van der Waals surface area (Å²) in [7, 11) is 2.21. The van der Waals surface area contributed by atoms with E-state index in [0.717, 1.165) is 24.6 Å². The minimum Gasteiger partial charge on any atom is -0.382 e. The van der Waals surface area contributed by atoms with Crippen LogP contribution in [0.25, 0.3) is 0 Å². The summed E-state index contributed by atoms with van der Waals surface area (Å²) in [5.41, 5.74) is 0. The van der Waals surface area contributed by atoms with Gasteiger partial charge in [-0.3, -0.25) is 0 Å². The van der Waals surface area contributed by atoms with E-state index in [1.807, 2.05) is 0 Å². The second kappa shape index (κ2) is 15.2. The summed E-state index contributed by atoms with van der Waals surface area (Å²) in [5, 5.41) is 0. The van der Waals surface area contributed by atoms with E-state index in [1.54, 1.807) is 21.3 Å². The molecule has 0 bridgehead atoms. The first-order valence-corrected chi connectivity index (χ1v) is 9.80. The highest BCUT2D eigenvalue weighted by Crippen LogP contribution is 2.19. The summed E-state index contributed by atoms with van der Waals surface area (Å²) in [6.45, 7) is 2.93. The van der Waals surface area contributed by atoms with Crippen LogP contribution in [0.1, 0.15) is 12.8 Å². The van der Waals surface area contributed by atoms with Crippen LogP contribution in [-0.2, 0) is 27.5 Å². The molecule has 6 nitrogen and oxygen atoms in total. The van der Waals surface area contributed by atoms with Crippen molar-refractivity contribution in [3.63, 3.8) is 0 Å². The zero-order valence-electron chi connectivity index (χ0n) is 13.5. The Morgan fingerprint density at radius 1 is 0.667 bits per heavy atom. The molecule has 0 aliphatic heterocycles. The van der Waals surface area contributed by atoms with Crippen molar-refractivity contribution in [2.24, 2.45) is 0 Å². The molecule has 0 aromatic rings. The van der Waals surface area contributed by atoms with E-state index >= 15 is 0 Å². The summed E-state index contributed by atoms with van der Waals surface area (Å²) >= 11 is 4.24. The van der Waals surface area contributed by atoms with Gasteiger partial charge in [0, 0.05) is 27.4 Å². The van der Waals surface area contributed by atoms with Crippen LogP contribution in [0, 0.1) is 0 Å². The summed E-state index contributed by atoms with van der Waals surface area (Å²) < 4.78 is 32.9. The Labute approximate surface area is 135 Å². The number of rotatable bonds is 16. The van der Waals surface area contributed by atoms with Gasteiger partial charge >= 0.3 is 8.80 Å². The Morgan fingerprint density at radius 2 is 1.10 bits per heavy atom. The van der Waals surface area contributed by atoms with Crippen molar-refractivity contribution in [2.45, 2.75) is 18.9 Å². The normalized spacial score (nSPS) is 12.0. The molecule has 0 N–H and O–H groups in total. The molecule has 8 heteroatoms. The van der Waals surface area contributed by atoms with Gasteiger partial charge in [0.05, 0.1) is 39.6 Å². The van der Waals surface area contributed by atoms with Crippen molar-refractivity contribution >= 4 is 21.4 Å². The maximum atomic E-state index is 5.94. The van der Waals surface area contributed by atoms with Gasteiger partial charge in [-0.05, 0) is 18.6 Å². The standard InChI is InChI=1S/C13H30O6SSi/c1-14-6-9-17-21(13-5-4-12-20,18-10-7-15-2)19-11-8-16-3/h20H,4-13H2,1-3H3. The first-order chi connectivity index (χ1) is 10.2. The third kappa shape index (κ3) is 11.5. The fourth-order valence-electron chi connectivity index (χ4n) is 1.64. The first-order valence-electron chi connectivity index (χ1n) is 7.24. The number of unbranched alkanes of at least 4 members (excludes halogenated alkanes) is 1. The molecule has 0 fully saturated rings. The highest BCUT2D eigenvalue weighted by molar-refractivity contribution is 7.80. The molecule has 0 aromatic carbocycles. The minimum atomic E-state index is -2.72. The Kier molecular flexibility index (Phi) is 15.5. The minimum absolute atomic E-state index is 0.462. The molecule has 0 aliphatic rings. The van der Waals surface area contributed by atoms with Gasteiger partial charge in [0.15, 0.2) is 0 Å². The lowest BCUT2D eigenvalue weighted by molar-refractivity contribution is 0.0143. The average molecular weight is 343 g/mol. The van der Waals surface area contributed by atoms with Crippen LogP contribution in [0.5, 0.6) is 0 Å². The zero-order chi connectivity index (χ0) is 15.8. The van der Waals surface area contributed by atoms with E-state index in [0.29, 0.717) is 39.6 Å². The van der Waals surface area contributed by atoms with Crippen LogP contribution in [0.15, 0.2) is 0 Å². The molecule has 0 saturated carbocycles. The maximum absolute atomic E-state index is 5.94. The summed E-state index contributed by atoms with van der Waals surface area (Å²) in [6.07, 6.45) is 1.97. The molecular weight excluding hydrogens is 312 g/mol. The maximum Gasteiger partial charge on any atom is 0.501 e. The fraction of sp³-hybridized carbons (Fsp3) is 1.00. The number of hydrogen-bond donors (Lipinski definition) is 1. The van der Waals surface area contributed by atoms with E-state index in [2.05, 4.69) is 12.6 Å². The summed E-state index contributed by atoms with van der Waals surface area (Å²) in [6, 6.07) is 0.769. The van der Waals surface area contributed by atoms with E-state index < -0.39 is 8.80 Å². The zero-order valence-corrected chi connectivity index (χ0v) is 15.4. The van der Waals surface area contributed by atoms with Crippen LogP contribution in [-0.4, -0.2) is 75.5 Å². The fourth-order valence-corrected chi connectivity index (χ4v) is 4.41. The molecule has 0 heterocycles.